The highest BCUT2D eigenvalue weighted by molar-refractivity contribution is 5.93. The monoisotopic (exact) mass is 326 g/mol. The van der Waals surface area contributed by atoms with Gasteiger partial charge in [-0.3, -0.25) is 9.48 Å². The highest BCUT2D eigenvalue weighted by Gasteiger charge is 2.36. The van der Waals surface area contributed by atoms with Crippen LogP contribution in [0, 0.1) is 18.3 Å². The van der Waals surface area contributed by atoms with Gasteiger partial charge in [-0.2, -0.15) is 10.4 Å². The van der Waals surface area contributed by atoms with E-state index in [2.05, 4.69) is 10.4 Å². The molecule has 1 heterocycles. The second kappa shape index (κ2) is 6.96. The molecular formula is C17H18N4O3. The van der Waals surface area contributed by atoms with Crippen molar-refractivity contribution in [1.82, 2.24) is 9.78 Å². The van der Waals surface area contributed by atoms with E-state index in [1.54, 1.807) is 37.4 Å². The Hall–Kier alpha value is -3.14. The number of carbonyl (C=O) groups is 2. The van der Waals surface area contributed by atoms with Crippen LogP contribution in [0.15, 0.2) is 36.7 Å². The minimum Gasteiger partial charge on any atom is -0.479 e. The number of nitriles is 1. The Morgan fingerprint density at radius 3 is 2.75 bits per heavy atom. The SMILES string of the molecule is Cc1cccc(C#N)c1NC(=O)CCC(C)(C(=O)O)n1cccn1. The van der Waals surface area contributed by atoms with E-state index in [-0.39, 0.29) is 18.7 Å². The first kappa shape index (κ1) is 17.2. The summed E-state index contributed by atoms with van der Waals surface area (Å²) in [7, 11) is 0. The van der Waals surface area contributed by atoms with Crippen LogP contribution >= 0.6 is 0 Å². The van der Waals surface area contributed by atoms with Gasteiger partial charge in [-0.25, -0.2) is 4.79 Å². The van der Waals surface area contributed by atoms with Crippen molar-refractivity contribution in [3.63, 3.8) is 0 Å². The van der Waals surface area contributed by atoms with Crippen LogP contribution in [0.25, 0.3) is 0 Å². The van der Waals surface area contributed by atoms with Gasteiger partial charge in [-0.1, -0.05) is 12.1 Å². The highest BCUT2D eigenvalue weighted by atomic mass is 16.4. The van der Waals surface area contributed by atoms with E-state index in [1.165, 1.54) is 17.8 Å². The highest BCUT2D eigenvalue weighted by Crippen LogP contribution is 2.24. The van der Waals surface area contributed by atoms with Gasteiger partial charge in [0.2, 0.25) is 5.91 Å². The van der Waals surface area contributed by atoms with Crippen molar-refractivity contribution in [2.75, 3.05) is 5.32 Å². The van der Waals surface area contributed by atoms with Crippen molar-refractivity contribution < 1.29 is 14.7 Å². The minimum absolute atomic E-state index is 0.0120. The Labute approximate surface area is 139 Å². The van der Waals surface area contributed by atoms with Crippen molar-refractivity contribution in [2.45, 2.75) is 32.2 Å². The summed E-state index contributed by atoms with van der Waals surface area (Å²) in [5.74, 6) is -1.41. The summed E-state index contributed by atoms with van der Waals surface area (Å²) >= 11 is 0. The molecule has 124 valence electrons. The number of nitrogens with zero attached hydrogens (tertiary/aromatic N) is 3. The molecule has 0 saturated heterocycles. The first-order valence-electron chi connectivity index (χ1n) is 7.41. The molecule has 1 aromatic carbocycles. The largest absolute Gasteiger partial charge is 0.479 e. The fourth-order valence-corrected chi connectivity index (χ4v) is 2.37. The summed E-state index contributed by atoms with van der Waals surface area (Å²) in [4.78, 5) is 23.8. The van der Waals surface area contributed by atoms with E-state index in [0.717, 1.165) is 5.56 Å². The molecule has 0 saturated carbocycles. The summed E-state index contributed by atoms with van der Waals surface area (Å²) in [6.45, 7) is 3.31. The zero-order valence-electron chi connectivity index (χ0n) is 13.5. The normalized spacial score (nSPS) is 12.9. The van der Waals surface area contributed by atoms with Crippen LogP contribution in [0.3, 0.4) is 0 Å². The number of aliphatic carboxylic acids is 1. The van der Waals surface area contributed by atoms with Crippen molar-refractivity contribution in [2.24, 2.45) is 0 Å². The standard InChI is InChI=1S/C17H18N4O3/c1-12-5-3-6-13(11-18)15(12)20-14(22)7-8-17(2,16(23)24)21-10-4-9-19-21/h3-6,9-10H,7-8H2,1-2H3,(H,20,22)(H,23,24). The predicted octanol–water partition coefficient (Wildman–Crippen LogP) is 2.28. The first-order valence-corrected chi connectivity index (χ1v) is 7.41. The topological polar surface area (TPSA) is 108 Å². The number of benzene rings is 1. The van der Waals surface area contributed by atoms with Gasteiger partial charge in [-0.15, -0.1) is 0 Å². The van der Waals surface area contributed by atoms with Crippen LogP contribution in [0.2, 0.25) is 0 Å². The van der Waals surface area contributed by atoms with Crippen molar-refractivity contribution in [3.8, 4) is 6.07 Å². The summed E-state index contributed by atoms with van der Waals surface area (Å²) in [5, 5.41) is 25.3. The molecule has 0 radical (unpaired) electrons. The maximum absolute atomic E-state index is 12.2. The molecule has 2 N–H and O–H groups in total. The fourth-order valence-electron chi connectivity index (χ4n) is 2.37. The van der Waals surface area contributed by atoms with Crippen LogP contribution in [-0.2, 0) is 15.1 Å². The first-order chi connectivity index (χ1) is 11.4. The lowest BCUT2D eigenvalue weighted by molar-refractivity contribution is -0.147. The minimum atomic E-state index is -1.31. The molecule has 7 heteroatoms. The number of carbonyl (C=O) groups excluding carboxylic acids is 1. The van der Waals surface area contributed by atoms with Gasteiger partial charge in [-0.05, 0) is 38.0 Å². The summed E-state index contributed by atoms with van der Waals surface area (Å²) in [6.07, 6.45) is 3.11. The molecular weight excluding hydrogens is 308 g/mol. The van der Waals surface area contributed by atoms with E-state index < -0.39 is 11.5 Å². The van der Waals surface area contributed by atoms with Crippen molar-refractivity contribution >= 4 is 17.6 Å². The Kier molecular flexibility index (Phi) is 4.99. The molecule has 2 aromatic rings. The van der Waals surface area contributed by atoms with E-state index >= 15 is 0 Å². The molecule has 0 fully saturated rings. The van der Waals surface area contributed by atoms with E-state index in [9.17, 15) is 14.7 Å². The molecule has 1 unspecified atom stereocenters. The average Bonchev–Trinajstić information content (AvgIpc) is 3.09. The number of carboxylic acids is 1. The number of nitrogens with one attached hydrogen (secondary N) is 1. The van der Waals surface area contributed by atoms with Crippen LogP contribution in [0.1, 0.15) is 30.9 Å². The number of amides is 1. The number of para-hydroxylation sites is 1. The van der Waals surface area contributed by atoms with Crippen LogP contribution in [0.5, 0.6) is 0 Å². The predicted molar refractivity (Wildman–Crippen MR) is 87.3 cm³/mol. The molecule has 0 aliphatic heterocycles. The molecule has 0 aliphatic rings. The number of rotatable bonds is 6. The third-order valence-electron chi connectivity index (χ3n) is 3.97. The van der Waals surface area contributed by atoms with Gasteiger partial charge >= 0.3 is 5.97 Å². The average molecular weight is 326 g/mol. The molecule has 0 bridgehead atoms. The number of carboxylic acid groups (broad SMARTS) is 1. The van der Waals surface area contributed by atoms with Gasteiger partial charge < -0.3 is 10.4 Å². The zero-order valence-corrected chi connectivity index (χ0v) is 13.5. The van der Waals surface area contributed by atoms with Gasteiger partial charge in [0.1, 0.15) is 6.07 Å². The van der Waals surface area contributed by atoms with Crippen LogP contribution < -0.4 is 5.32 Å². The lowest BCUT2D eigenvalue weighted by Gasteiger charge is -2.25. The lowest BCUT2D eigenvalue weighted by atomic mass is 9.95. The summed E-state index contributed by atoms with van der Waals surface area (Å²) < 4.78 is 1.33. The third kappa shape index (κ3) is 3.43. The Bertz CT molecular complexity index is 793. The Morgan fingerprint density at radius 1 is 1.42 bits per heavy atom. The maximum Gasteiger partial charge on any atom is 0.331 e. The number of aromatic nitrogens is 2. The van der Waals surface area contributed by atoms with Gasteiger partial charge in [0.05, 0.1) is 11.3 Å². The number of hydrogen-bond donors (Lipinski definition) is 2. The quantitative estimate of drug-likeness (QED) is 0.846. The van der Waals surface area contributed by atoms with E-state index in [0.29, 0.717) is 11.3 Å². The second-order valence-electron chi connectivity index (χ2n) is 5.69. The molecule has 1 amide bonds. The molecule has 7 nitrogen and oxygen atoms in total. The van der Waals surface area contributed by atoms with E-state index in [1.807, 2.05) is 6.07 Å². The van der Waals surface area contributed by atoms with Gasteiger partial charge in [0.15, 0.2) is 5.54 Å². The van der Waals surface area contributed by atoms with Crippen LogP contribution in [0.4, 0.5) is 5.69 Å². The molecule has 0 aliphatic carbocycles. The van der Waals surface area contributed by atoms with Crippen LogP contribution in [-0.4, -0.2) is 26.8 Å². The molecule has 1 atom stereocenters. The second-order valence-corrected chi connectivity index (χ2v) is 5.69. The molecule has 1 aromatic heterocycles. The summed E-state index contributed by atoms with van der Waals surface area (Å²) in [5.41, 5.74) is 0.290. The Balaban J connectivity index is 2.11. The molecule has 2 rings (SSSR count). The van der Waals surface area contributed by atoms with E-state index in [4.69, 9.17) is 5.26 Å². The number of anilines is 1. The third-order valence-corrected chi connectivity index (χ3v) is 3.97. The molecule has 0 spiro atoms. The number of hydrogen-bond acceptors (Lipinski definition) is 4. The summed E-state index contributed by atoms with van der Waals surface area (Å²) in [6, 6.07) is 8.82. The Morgan fingerprint density at radius 2 is 2.17 bits per heavy atom. The van der Waals surface area contributed by atoms with Crippen molar-refractivity contribution in [1.29, 1.82) is 5.26 Å². The van der Waals surface area contributed by atoms with Crippen molar-refractivity contribution in [3.05, 3.63) is 47.8 Å². The fraction of sp³-hybridized carbons (Fsp3) is 0.294. The van der Waals surface area contributed by atoms with Gasteiger partial charge in [0.25, 0.3) is 0 Å². The van der Waals surface area contributed by atoms with Gasteiger partial charge in [0, 0.05) is 18.8 Å². The maximum atomic E-state index is 12.2. The molecule has 24 heavy (non-hydrogen) atoms. The zero-order chi connectivity index (χ0) is 17.7. The number of aryl methyl sites for hydroxylation is 1. The lowest BCUT2D eigenvalue weighted by Crippen LogP contribution is -2.40. The smallest absolute Gasteiger partial charge is 0.331 e.